The number of aromatic nitrogens is 4. The molecule has 0 unspecified atom stereocenters. The highest BCUT2D eigenvalue weighted by Crippen LogP contribution is 2.38. The summed E-state index contributed by atoms with van der Waals surface area (Å²) in [6.07, 6.45) is 0. The second kappa shape index (κ2) is 8.57. The number of amides is 1. The number of hydrogen-bond donors (Lipinski definition) is 2. The number of imidazole rings is 1. The molecule has 0 radical (unpaired) electrons. The van der Waals surface area contributed by atoms with E-state index in [1.807, 2.05) is 73.7 Å². The molecule has 3 aromatic heterocycles. The highest BCUT2D eigenvalue weighted by atomic mass is 16.7. The molecule has 4 heterocycles. The Hall–Kier alpha value is -4.72. The van der Waals surface area contributed by atoms with Crippen LogP contribution in [-0.2, 0) is 6.54 Å². The number of para-hydroxylation sites is 1. The first-order valence-corrected chi connectivity index (χ1v) is 11.2. The zero-order valence-electron chi connectivity index (χ0n) is 18.9. The second-order valence-electron chi connectivity index (χ2n) is 8.21. The van der Waals surface area contributed by atoms with Crippen molar-refractivity contribution in [2.45, 2.75) is 13.5 Å². The maximum Gasteiger partial charge on any atom is 0.270 e. The monoisotopic (exact) mass is 463 g/mol. The van der Waals surface area contributed by atoms with Crippen LogP contribution < -0.4 is 14.8 Å². The van der Waals surface area contributed by atoms with E-state index in [1.165, 1.54) is 0 Å². The molecule has 0 aliphatic carbocycles. The Balaban J connectivity index is 1.31. The van der Waals surface area contributed by atoms with Gasteiger partial charge >= 0.3 is 0 Å². The van der Waals surface area contributed by atoms with Gasteiger partial charge in [-0.2, -0.15) is 0 Å². The van der Waals surface area contributed by atoms with Crippen molar-refractivity contribution >= 4 is 16.8 Å². The molecule has 8 heteroatoms. The molecule has 0 atom stereocenters. The number of H-pyrrole nitrogens is 1. The molecule has 8 nitrogen and oxygen atoms in total. The number of aromatic amines is 1. The number of nitrogens with one attached hydrogen (secondary N) is 2. The summed E-state index contributed by atoms with van der Waals surface area (Å²) in [5, 5.41) is 3.90. The van der Waals surface area contributed by atoms with Gasteiger partial charge in [-0.1, -0.05) is 30.3 Å². The third-order valence-corrected chi connectivity index (χ3v) is 5.79. The first-order valence-electron chi connectivity index (χ1n) is 11.2. The lowest BCUT2D eigenvalue weighted by Crippen LogP contribution is -2.24. The molecule has 1 aliphatic rings. The molecule has 2 N–H and O–H groups in total. The molecular weight excluding hydrogens is 442 g/mol. The number of aryl methyl sites for hydroxylation is 1. The Morgan fingerprint density at radius 2 is 1.83 bits per heavy atom. The Labute approximate surface area is 201 Å². The predicted molar refractivity (Wildman–Crippen MR) is 131 cm³/mol. The fourth-order valence-corrected chi connectivity index (χ4v) is 4.07. The number of benzene rings is 2. The van der Waals surface area contributed by atoms with Crippen LogP contribution in [0.5, 0.6) is 11.5 Å². The van der Waals surface area contributed by atoms with E-state index in [0.29, 0.717) is 23.0 Å². The van der Waals surface area contributed by atoms with Crippen LogP contribution in [0.4, 0.5) is 0 Å². The van der Waals surface area contributed by atoms with Crippen LogP contribution in [-0.4, -0.2) is 32.6 Å². The van der Waals surface area contributed by atoms with Crippen LogP contribution in [0.15, 0.2) is 72.8 Å². The first kappa shape index (κ1) is 20.9. The van der Waals surface area contributed by atoms with Crippen LogP contribution in [0.25, 0.3) is 33.5 Å². The van der Waals surface area contributed by atoms with Crippen LogP contribution >= 0.6 is 0 Å². The van der Waals surface area contributed by atoms with Crippen molar-refractivity contribution in [2.24, 2.45) is 0 Å². The molecule has 0 saturated carbocycles. The molecule has 0 bridgehead atoms. The number of fused-ring (bicyclic) bond motifs is 2. The van der Waals surface area contributed by atoms with Gasteiger partial charge in [-0.3, -0.25) is 9.78 Å². The average Bonchev–Trinajstić information content (AvgIpc) is 3.53. The van der Waals surface area contributed by atoms with Gasteiger partial charge in [0.1, 0.15) is 11.5 Å². The van der Waals surface area contributed by atoms with Gasteiger partial charge in [0, 0.05) is 16.6 Å². The smallest absolute Gasteiger partial charge is 0.270 e. The fraction of sp³-hybridized carbons (Fsp3) is 0.111. The predicted octanol–water partition coefficient (Wildman–Crippen LogP) is 4.65. The zero-order chi connectivity index (χ0) is 23.8. The topological polar surface area (TPSA) is 102 Å². The Bertz CT molecular complexity index is 1580. The van der Waals surface area contributed by atoms with E-state index in [4.69, 9.17) is 14.5 Å². The van der Waals surface area contributed by atoms with E-state index in [-0.39, 0.29) is 19.2 Å². The summed E-state index contributed by atoms with van der Waals surface area (Å²) in [5.74, 6) is 1.71. The van der Waals surface area contributed by atoms with Gasteiger partial charge in [0.05, 0.1) is 29.1 Å². The minimum Gasteiger partial charge on any atom is -0.454 e. The number of hydrogen-bond acceptors (Lipinski definition) is 6. The maximum atomic E-state index is 12.8. The first-order chi connectivity index (χ1) is 17.1. The van der Waals surface area contributed by atoms with E-state index in [0.717, 1.165) is 39.2 Å². The van der Waals surface area contributed by atoms with Crippen LogP contribution in [0.3, 0.4) is 0 Å². The Morgan fingerprint density at radius 1 is 0.943 bits per heavy atom. The minimum atomic E-state index is -0.271. The number of pyridine rings is 2. The van der Waals surface area contributed by atoms with Gasteiger partial charge in [-0.05, 0) is 49.4 Å². The molecule has 0 fully saturated rings. The van der Waals surface area contributed by atoms with E-state index in [1.54, 1.807) is 6.07 Å². The normalized spacial score (nSPS) is 12.1. The Kier molecular flexibility index (Phi) is 5.11. The molecule has 35 heavy (non-hydrogen) atoms. The summed E-state index contributed by atoms with van der Waals surface area (Å²) in [4.78, 5) is 30.1. The summed E-state index contributed by atoms with van der Waals surface area (Å²) in [6, 6.07) is 22.8. The number of carbonyl (C=O) groups excluding carboxylic acids is 1. The molecule has 6 rings (SSSR count). The van der Waals surface area contributed by atoms with Crippen molar-refractivity contribution in [1.82, 2.24) is 25.3 Å². The molecule has 1 amide bonds. The fourth-order valence-electron chi connectivity index (χ4n) is 4.07. The summed E-state index contributed by atoms with van der Waals surface area (Å²) in [5.41, 5.74) is 5.13. The quantitative estimate of drug-likeness (QED) is 0.393. The molecule has 0 saturated heterocycles. The molecule has 2 aromatic carbocycles. The lowest BCUT2D eigenvalue weighted by Gasteiger charge is -2.04. The lowest BCUT2D eigenvalue weighted by molar-refractivity contribution is 0.0945. The number of ether oxygens (including phenoxy) is 2. The average molecular weight is 463 g/mol. The second-order valence-corrected chi connectivity index (χ2v) is 8.21. The van der Waals surface area contributed by atoms with Gasteiger partial charge in [-0.15, -0.1) is 0 Å². The van der Waals surface area contributed by atoms with E-state index in [9.17, 15) is 4.79 Å². The van der Waals surface area contributed by atoms with Gasteiger partial charge in [0.15, 0.2) is 11.5 Å². The van der Waals surface area contributed by atoms with Crippen molar-refractivity contribution in [1.29, 1.82) is 0 Å². The van der Waals surface area contributed by atoms with Gasteiger partial charge < -0.3 is 19.8 Å². The standard InChI is InChI=1S/C27H21N5O3/c1-16-5-4-8-20(29-16)26-25(18-10-12-22-23(13-18)35-15-34-22)31-24(32-26)14-28-27(33)21-11-9-17-6-2-3-7-19(17)30-21/h2-13H,14-15H2,1H3,(H,28,33)(H,31,32). The molecule has 0 spiro atoms. The van der Waals surface area contributed by atoms with Crippen molar-refractivity contribution in [3.05, 3.63) is 90.0 Å². The van der Waals surface area contributed by atoms with Gasteiger partial charge in [-0.25, -0.2) is 9.97 Å². The Morgan fingerprint density at radius 3 is 2.74 bits per heavy atom. The number of rotatable bonds is 5. The number of nitrogens with zero attached hydrogens (tertiary/aromatic N) is 3. The van der Waals surface area contributed by atoms with E-state index in [2.05, 4.69) is 20.3 Å². The van der Waals surface area contributed by atoms with Crippen LogP contribution in [0, 0.1) is 6.92 Å². The molecule has 172 valence electrons. The largest absolute Gasteiger partial charge is 0.454 e. The molecule has 5 aromatic rings. The van der Waals surface area contributed by atoms with Crippen molar-refractivity contribution in [3.8, 4) is 34.1 Å². The van der Waals surface area contributed by atoms with Crippen molar-refractivity contribution in [2.75, 3.05) is 6.79 Å². The summed E-state index contributed by atoms with van der Waals surface area (Å²) in [7, 11) is 0. The SMILES string of the molecule is Cc1cccc(-c2[nH]c(CNC(=O)c3ccc4ccccc4n3)nc2-c2ccc3c(c2)OCO3)n1. The van der Waals surface area contributed by atoms with Crippen molar-refractivity contribution in [3.63, 3.8) is 0 Å². The van der Waals surface area contributed by atoms with E-state index < -0.39 is 0 Å². The summed E-state index contributed by atoms with van der Waals surface area (Å²) in [6.45, 7) is 2.35. The van der Waals surface area contributed by atoms with Crippen LogP contribution in [0.2, 0.25) is 0 Å². The van der Waals surface area contributed by atoms with Crippen molar-refractivity contribution < 1.29 is 14.3 Å². The van der Waals surface area contributed by atoms with Crippen LogP contribution in [0.1, 0.15) is 22.0 Å². The highest BCUT2D eigenvalue weighted by Gasteiger charge is 2.20. The van der Waals surface area contributed by atoms with E-state index >= 15 is 0 Å². The van der Waals surface area contributed by atoms with Gasteiger partial charge in [0.25, 0.3) is 5.91 Å². The highest BCUT2D eigenvalue weighted by molar-refractivity contribution is 5.94. The molecular formula is C27H21N5O3. The third kappa shape index (κ3) is 4.06. The minimum absolute atomic E-state index is 0.200. The maximum absolute atomic E-state index is 12.8. The summed E-state index contributed by atoms with van der Waals surface area (Å²) < 4.78 is 11.0. The van der Waals surface area contributed by atoms with Gasteiger partial charge in [0.2, 0.25) is 6.79 Å². The summed E-state index contributed by atoms with van der Waals surface area (Å²) >= 11 is 0. The lowest BCUT2D eigenvalue weighted by atomic mass is 10.1. The zero-order valence-corrected chi connectivity index (χ0v) is 18.9. The third-order valence-electron chi connectivity index (χ3n) is 5.79. The number of carbonyl (C=O) groups is 1. The molecule has 1 aliphatic heterocycles.